The first-order valence-electron chi connectivity index (χ1n) is 6.69. The highest BCUT2D eigenvalue weighted by atomic mass is 79.9. The molecule has 0 bridgehead atoms. The molecule has 0 amide bonds. The number of rotatable bonds is 5. The highest BCUT2D eigenvalue weighted by Crippen LogP contribution is 2.27. The molecule has 1 atom stereocenters. The summed E-state index contributed by atoms with van der Waals surface area (Å²) >= 11 is 3.33. The van der Waals surface area contributed by atoms with Crippen LogP contribution in [0, 0.1) is 5.82 Å². The van der Waals surface area contributed by atoms with Gasteiger partial charge >= 0.3 is 0 Å². The van der Waals surface area contributed by atoms with Crippen molar-refractivity contribution in [3.63, 3.8) is 0 Å². The topological polar surface area (TPSA) is 29.9 Å². The Bertz CT molecular complexity index is 595. The minimum Gasteiger partial charge on any atom is -0.313 e. The van der Waals surface area contributed by atoms with Crippen molar-refractivity contribution in [2.24, 2.45) is 7.05 Å². The smallest absolute Gasteiger partial charge is 0.137 e. The van der Waals surface area contributed by atoms with E-state index in [-0.39, 0.29) is 11.9 Å². The van der Waals surface area contributed by atoms with Crippen LogP contribution in [0.3, 0.4) is 0 Å². The van der Waals surface area contributed by atoms with Crippen LogP contribution in [0.4, 0.5) is 4.39 Å². The molecule has 0 aliphatic rings. The standard InChI is InChI=1S/C15H19BrFN3/c1-4-13-11(9-20(3)19-13)14(18-2)8-10-6-5-7-12(17)15(10)16/h5-7,9,14,18H,4,8H2,1-3H3. The summed E-state index contributed by atoms with van der Waals surface area (Å²) in [6.45, 7) is 2.09. The Morgan fingerprint density at radius 3 is 2.85 bits per heavy atom. The Kier molecular flexibility index (Phi) is 4.94. The minimum absolute atomic E-state index is 0.122. The molecule has 0 aliphatic heterocycles. The maximum atomic E-state index is 13.6. The Morgan fingerprint density at radius 1 is 1.45 bits per heavy atom. The SMILES string of the molecule is CCc1nn(C)cc1C(Cc1cccc(F)c1Br)NC. The van der Waals surface area contributed by atoms with Gasteiger partial charge in [0.2, 0.25) is 0 Å². The van der Waals surface area contributed by atoms with Gasteiger partial charge in [0, 0.05) is 24.8 Å². The first-order valence-corrected chi connectivity index (χ1v) is 7.48. The van der Waals surface area contributed by atoms with E-state index in [4.69, 9.17) is 0 Å². The second-order valence-corrected chi connectivity index (χ2v) is 5.61. The number of nitrogens with zero attached hydrogens (tertiary/aromatic N) is 2. The lowest BCUT2D eigenvalue weighted by atomic mass is 9.98. The highest BCUT2D eigenvalue weighted by molar-refractivity contribution is 9.10. The van der Waals surface area contributed by atoms with Gasteiger partial charge in [-0.15, -0.1) is 0 Å². The minimum atomic E-state index is -0.223. The van der Waals surface area contributed by atoms with Gasteiger partial charge in [0.15, 0.2) is 0 Å². The number of likely N-dealkylation sites (N-methyl/N-ethyl adjacent to an activating group) is 1. The van der Waals surface area contributed by atoms with E-state index in [2.05, 4.69) is 33.3 Å². The number of aromatic nitrogens is 2. The lowest BCUT2D eigenvalue weighted by Crippen LogP contribution is -2.20. The molecule has 3 nitrogen and oxygen atoms in total. The Hall–Kier alpha value is -1.20. The third kappa shape index (κ3) is 3.10. The quantitative estimate of drug-likeness (QED) is 0.904. The lowest BCUT2D eigenvalue weighted by molar-refractivity contribution is 0.576. The molecule has 0 radical (unpaired) electrons. The van der Waals surface area contributed by atoms with E-state index in [1.165, 1.54) is 11.6 Å². The predicted molar refractivity (Wildman–Crippen MR) is 82.2 cm³/mol. The fourth-order valence-corrected chi connectivity index (χ4v) is 2.84. The highest BCUT2D eigenvalue weighted by Gasteiger charge is 2.18. The van der Waals surface area contributed by atoms with Gasteiger partial charge in [-0.3, -0.25) is 4.68 Å². The van der Waals surface area contributed by atoms with Gasteiger partial charge in [0.1, 0.15) is 5.82 Å². The van der Waals surface area contributed by atoms with Gasteiger partial charge in [-0.25, -0.2) is 4.39 Å². The molecule has 5 heteroatoms. The average Bonchev–Trinajstić information content (AvgIpc) is 2.81. The van der Waals surface area contributed by atoms with Crippen molar-refractivity contribution in [2.75, 3.05) is 7.05 Å². The van der Waals surface area contributed by atoms with E-state index < -0.39 is 0 Å². The number of aryl methyl sites for hydroxylation is 2. The van der Waals surface area contributed by atoms with E-state index in [9.17, 15) is 4.39 Å². The predicted octanol–water partition coefficient (Wildman–Crippen LogP) is 3.39. The molecule has 108 valence electrons. The van der Waals surface area contributed by atoms with E-state index in [1.807, 2.05) is 31.0 Å². The fourth-order valence-electron chi connectivity index (χ4n) is 2.41. The lowest BCUT2D eigenvalue weighted by Gasteiger charge is -2.17. The number of hydrogen-bond donors (Lipinski definition) is 1. The first kappa shape index (κ1) is 15.2. The van der Waals surface area contributed by atoms with Gasteiger partial charge in [-0.2, -0.15) is 5.10 Å². The van der Waals surface area contributed by atoms with Crippen molar-refractivity contribution >= 4 is 15.9 Å². The molecular formula is C15H19BrFN3. The largest absolute Gasteiger partial charge is 0.313 e. The van der Waals surface area contributed by atoms with Crippen LogP contribution in [0.15, 0.2) is 28.9 Å². The molecule has 0 fully saturated rings. The van der Waals surface area contributed by atoms with Crippen molar-refractivity contribution in [1.82, 2.24) is 15.1 Å². The van der Waals surface area contributed by atoms with Gasteiger partial charge in [0.25, 0.3) is 0 Å². The number of nitrogens with one attached hydrogen (secondary N) is 1. The molecule has 20 heavy (non-hydrogen) atoms. The summed E-state index contributed by atoms with van der Waals surface area (Å²) in [6.07, 6.45) is 3.64. The van der Waals surface area contributed by atoms with E-state index >= 15 is 0 Å². The van der Waals surface area contributed by atoms with Crippen LogP contribution in [0.25, 0.3) is 0 Å². The van der Waals surface area contributed by atoms with Crippen molar-refractivity contribution in [3.05, 3.63) is 51.5 Å². The molecule has 1 unspecified atom stereocenters. The van der Waals surface area contributed by atoms with E-state index in [0.717, 1.165) is 17.7 Å². The Balaban J connectivity index is 2.31. The van der Waals surface area contributed by atoms with Crippen LogP contribution in [0.5, 0.6) is 0 Å². The summed E-state index contributed by atoms with van der Waals surface area (Å²) in [5, 5.41) is 7.78. The molecule has 1 heterocycles. The van der Waals surface area contributed by atoms with Gasteiger partial charge in [0.05, 0.1) is 10.2 Å². The number of benzene rings is 1. The third-order valence-electron chi connectivity index (χ3n) is 3.45. The zero-order chi connectivity index (χ0) is 14.7. The number of hydrogen-bond acceptors (Lipinski definition) is 2. The second-order valence-electron chi connectivity index (χ2n) is 4.82. The molecule has 2 rings (SSSR count). The van der Waals surface area contributed by atoms with Crippen molar-refractivity contribution in [2.45, 2.75) is 25.8 Å². The van der Waals surface area contributed by atoms with Crippen LogP contribution in [0.2, 0.25) is 0 Å². The van der Waals surface area contributed by atoms with Crippen LogP contribution < -0.4 is 5.32 Å². The zero-order valence-electron chi connectivity index (χ0n) is 12.0. The molecule has 2 aromatic rings. The second kappa shape index (κ2) is 6.50. The van der Waals surface area contributed by atoms with Crippen molar-refractivity contribution in [3.8, 4) is 0 Å². The molecule has 0 spiro atoms. The Labute approximate surface area is 127 Å². The summed E-state index contributed by atoms with van der Waals surface area (Å²) in [7, 11) is 3.85. The summed E-state index contributed by atoms with van der Waals surface area (Å²) < 4.78 is 16.0. The van der Waals surface area contributed by atoms with Crippen LogP contribution >= 0.6 is 15.9 Å². The maximum absolute atomic E-state index is 13.6. The van der Waals surface area contributed by atoms with Crippen molar-refractivity contribution in [1.29, 1.82) is 0 Å². The average molecular weight is 340 g/mol. The third-order valence-corrected chi connectivity index (χ3v) is 4.34. The van der Waals surface area contributed by atoms with Crippen LogP contribution in [0.1, 0.15) is 29.8 Å². The maximum Gasteiger partial charge on any atom is 0.137 e. The summed E-state index contributed by atoms with van der Waals surface area (Å²) in [6, 6.07) is 5.27. The van der Waals surface area contributed by atoms with Gasteiger partial charge < -0.3 is 5.32 Å². The summed E-state index contributed by atoms with van der Waals surface area (Å²) in [5.41, 5.74) is 3.21. The molecule has 1 aromatic heterocycles. The monoisotopic (exact) mass is 339 g/mol. The van der Waals surface area contributed by atoms with Crippen LogP contribution in [-0.4, -0.2) is 16.8 Å². The zero-order valence-corrected chi connectivity index (χ0v) is 13.5. The first-order chi connectivity index (χ1) is 9.56. The summed E-state index contributed by atoms with van der Waals surface area (Å²) in [4.78, 5) is 0. The molecule has 1 aromatic carbocycles. The van der Waals surface area contributed by atoms with Crippen molar-refractivity contribution < 1.29 is 4.39 Å². The van der Waals surface area contributed by atoms with Gasteiger partial charge in [-0.1, -0.05) is 19.1 Å². The van der Waals surface area contributed by atoms with Gasteiger partial charge in [-0.05, 0) is 47.4 Å². The molecule has 1 N–H and O–H groups in total. The molecule has 0 aliphatic carbocycles. The molecule has 0 saturated heterocycles. The molecular weight excluding hydrogens is 321 g/mol. The fraction of sp³-hybridized carbons (Fsp3) is 0.400. The van der Waals surface area contributed by atoms with E-state index in [1.54, 1.807) is 6.07 Å². The van der Waals surface area contributed by atoms with Crippen LogP contribution in [-0.2, 0) is 19.9 Å². The normalized spacial score (nSPS) is 12.7. The molecule has 0 saturated carbocycles. The number of halogens is 2. The summed E-state index contributed by atoms with van der Waals surface area (Å²) in [5.74, 6) is -0.223. The van der Waals surface area contributed by atoms with E-state index in [0.29, 0.717) is 10.9 Å². The Morgan fingerprint density at radius 2 is 2.20 bits per heavy atom.